The monoisotopic (exact) mass is 419 g/mol. The van der Waals surface area contributed by atoms with Crippen molar-refractivity contribution in [3.05, 3.63) is 72.0 Å². The van der Waals surface area contributed by atoms with E-state index in [1.165, 1.54) is 0 Å². The first-order chi connectivity index (χ1) is 15.0. The Morgan fingerprint density at radius 1 is 1.06 bits per heavy atom. The maximum atomic E-state index is 12.9. The number of hydrogen-bond acceptors (Lipinski definition) is 4. The number of benzene rings is 2. The summed E-state index contributed by atoms with van der Waals surface area (Å²) in [5.74, 6) is -0.229. The van der Waals surface area contributed by atoms with Gasteiger partial charge in [-0.1, -0.05) is 62.4 Å². The third kappa shape index (κ3) is 3.79. The van der Waals surface area contributed by atoms with Crippen LogP contribution in [-0.4, -0.2) is 34.8 Å². The minimum atomic E-state index is -0.936. The molecular weight excluding hydrogens is 394 g/mol. The van der Waals surface area contributed by atoms with Crippen LogP contribution in [0.3, 0.4) is 0 Å². The molecule has 7 nitrogen and oxygen atoms in total. The molecule has 3 aromatic rings. The molecule has 4 amide bonds. The van der Waals surface area contributed by atoms with Crippen LogP contribution in [0.2, 0.25) is 0 Å². The molecule has 0 aliphatic carbocycles. The summed E-state index contributed by atoms with van der Waals surface area (Å²) >= 11 is 0. The van der Waals surface area contributed by atoms with E-state index in [2.05, 4.69) is 10.6 Å². The molecule has 2 heterocycles. The minimum Gasteiger partial charge on any atom is -0.459 e. The Labute approximate surface area is 180 Å². The predicted molar refractivity (Wildman–Crippen MR) is 116 cm³/mol. The van der Waals surface area contributed by atoms with Crippen LogP contribution in [0.25, 0.3) is 11.0 Å². The molecule has 0 bridgehead atoms. The molecule has 0 spiro atoms. The third-order valence-electron chi connectivity index (χ3n) is 5.92. The molecule has 1 unspecified atom stereocenters. The Bertz CT molecular complexity index is 1090. The zero-order valence-electron chi connectivity index (χ0n) is 17.6. The topological polar surface area (TPSA) is 91.7 Å². The number of nitrogens with one attached hydrogen (secondary N) is 2. The Morgan fingerprint density at radius 2 is 1.74 bits per heavy atom. The van der Waals surface area contributed by atoms with E-state index in [0.29, 0.717) is 18.6 Å². The van der Waals surface area contributed by atoms with E-state index in [4.69, 9.17) is 4.42 Å². The molecule has 1 saturated heterocycles. The van der Waals surface area contributed by atoms with Gasteiger partial charge in [0.1, 0.15) is 29.5 Å². The van der Waals surface area contributed by atoms with Crippen molar-refractivity contribution < 1.29 is 18.8 Å². The second-order valence-corrected chi connectivity index (χ2v) is 7.71. The van der Waals surface area contributed by atoms with Gasteiger partial charge in [-0.3, -0.25) is 14.5 Å². The highest BCUT2D eigenvalue weighted by Crippen LogP contribution is 2.29. The van der Waals surface area contributed by atoms with Gasteiger partial charge in [-0.2, -0.15) is 0 Å². The standard InChI is InChI=1S/C24H25N3O4/c1-3-24(4-2)22(29)27(23(30)26-24)15-20(28)25-21(16-10-6-5-7-11-16)19-14-17-12-8-9-13-18(17)31-19/h5-14,21H,3-4,15H2,1-2H3,(H,25,28)(H,26,30). The summed E-state index contributed by atoms with van der Waals surface area (Å²) in [6.07, 6.45) is 0.940. The molecule has 160 valence electrons. The Kier molecular flexibility index (Phi) is 5.50. The number of furan rings is 1. The van der Waals surface area contributed by atoms with Gasteiger partial charge in [-0.25, -0.2) is 4.79 Å². The molecule has 7 heteroatoms. The third-order valence-corrected chi connectivity index (χ3v) is 5.92. The molecule has 4 rings (SSSR count). The number of fused-ring (bicyclic) bond motifs is 1. The first-order valence-electron chi connectivity index (χ1n) is 10.4. The molecule has 2 N–H and O–H groups in total. The minimum absolute atomic E-state index is 0.351. The summed E-state index contributed by atoms with van der Waals surface area (Å²) in [4.78, 5) is 39.1. The molecule has 31 heavy (non-hydrogen) atoms. The molecule has 0 radical (unpaired) electrons. The van der Waals surface area contributed by atoms with Crippen molar-refractivity contribution in [3.63, 3.8) is 0 Å². The zero-order chi connectivity index (χ0) is 22.0. The summed E-state index contributed by atoms with van der Waals surface area (Å²) in [5, 5.41) is 6.61. The average Bonchev–Trinajstić information content (AvgIpc) is 3.32. The summed E-state index contributed by atoms with van der Waals surface area (Å²) in [5.41, 5.74) is 0.621. The molecule has 1 aliphatic rings. The number of carbonyl (C=O) groups excluding carboxylic acids is 3. The SMILES string of the molecule is CCC1(CC)NC(=O)N(CC(=O)NC(c2ccccc2)c2cc3ccccc3o2)C1=O. The van der Waals surface area contributed by atoms with Gasteiger partial charge in [0, 0.05) is 5.39 Å². The van der Waals surface area contributed by atoms with Gasteiger partial charge in [0.05, 0.1) is 0 Å². The Balaban J connectivity index is 1.58. The van der Waals surface area contributed by atoms with Crippen LogP contribution in [0.5, 0.6) is 0 Å². The van der Waals surface area contributed by atoms with Gasteiger partial charge in [0.15, 0.2) is 0 Å². The number of rotatable bonds is 7. The number of hydrogen-bond donors (Lipinski definition) is 2. The Hall–Kier alpha value is -3.61. The van der Waals surface area contributed by atoms with E-state index >= 15 is 0 Å². The van der Waals surface area contributed by atoms with E-state index < -0.39 is 23.5 Å². The average molecular weight is 419 g/mol. The summed E-state index contributed by atoms with van der Waals surface area (Å²) in [6.45, 7) is 3.34. The molecule has 1 aliphatic heterocycles. The molecule has 1 atom stereocenters. The van der Waals surface area contributed by atoms with Crippen LogP contribution in [0.15, 0.2) is 65.1 Å². The van der Waals surface area contributed by atoms with Crippen LogP contribution in [0.4, 0.5) is 4.79 Å². The van der Waals surface area contributed by atoms with E-state index in [9.17, 15) is 14.4 Å². The van der Waals surface area contributed by atoms with E-state index in [1.54, 1.807) is 0 Å². The highest BCUT2D eigenvalue weighted by atomic mass is 16.3. The molecule has 1 fully saturated rings. The van der Waals surface area contributed by atoms with Gasteiger partial charge < -0.3 is 15.1 Å². The molecule has 2 aromatic carbocycles. The lowest BCUT2D eigenvalue weighted by molar-refractivity contribution is -0.135. The van der Waals surface area contributed by atoms with Crippen LogP contribution >= 0.6 is 0 Å². The lowest BCUT2D eigenvalue weighted by Crippen LogP contribution is -2.46. The number of imide groups is 1. The lowest BCUT2D eigenvalue weighted by atomic mass is 9.93. The van der Waals surface area contributed by atoms with Gasteiger partial charge in [-0.15, -0.1) is 0 Å². The van der Waals surface area contributed by atoms with Gasteiger partial charge in [0.2, 0.25) is 5.91 Å². The first-order valence-corrected chi connectivity index (χ1v) is 10.4. The van der Waals surface area contributed by atoms with Crippen molar-refractivity contribution in [1.82, 2.24) is 15.5 Å². The fourth-order valence-electron chi connectivity index (χ4n) is 4.01. The van der Waals surface area contributed by atoms with Crippen molar-refractivity contribution >= 4 is 28.8 Å². The highest BCUT2D eigenvalue weighted by Gasteiger charge is 2.49. The fraction of sp³-hybridized carbons (Fsp3) is 0.292. The Morgan fingerprint density at radius 3 is 2.39 bits per heavy atom. The second-order valence-electron chi connectivity index (χ2n) is 7.71. The van der Waals surface area contributed by atoms with Crippen LogP contribution in [-0.2, 0) is 9.59 Å². The maximum Gasteiger partial charge on any atom is 0.325 e. The van der Waals surface area contributed by atoms with E-state index in [0.717, 1.165) is 21.4 Å². The van der Waals surface area contributed by atoms with Crippen LogP contribution in [0, 0.1) is 0 Å². The predicted octanol–water partition coefficient (Wildman–Crippen LogP) is 3.75. The first kappa shape index (κ1) is 20.7. The normalized spacial score (nSPS) is 16.4. The van der Waals surface area contributed by atoms with E-state index in [-0.39, 0.29) is 12.5 Å². The summed E-state index contributed by atoms with van der Waals surface area (Å²) in [7, 11) is 0. The van der Waals surface area contributed by atoms with Gasteiger partial charge in [-0.05, 0) is 30.5 Å². The van der Waals surface area contributed by atoms with Crippen molar-refractivity contribution in [3.8, 4) is 0 Å². The molecule has 1 aromatic heterocycles. The van der Waals surface area contributed by atoms with Crippen molar-refractivity contribution in [2.45, 2.75) is 38.3 Å². The number of nitrogens with zero attached hydrogens (tertiary/aromatic N) is 1. The molecular formula is C24H25N3O4. The quantitative estimate of drug-likeness (QED) is 0.571. The molecule has 0 saturated carbocycles. The van der Waals surface area contributed by atoms with Crippen molar-refractivity contribution in [2.75, 3.05) is 6.54 Å². The van der Waals surface area contributed by atoms with Crippen molar-refractivity contribution in [1.29, 1.82) is 0 Å². The number of para-hydroxylation sites is 1. The smallest absolute Gasteiger partial charge is 0.325 e. The number of urea groups is 1. The number of amides is 4. The largest absolute Gasteiger partial charge is 0.459 e. The summed E-state index contributed by atoms with van der Waals surface area (Å²) < 4.78 is 5.99. The van der Waals surface area contributed by atoms with Gasteiger partial charge >= 0.3 is 6.03 Å². The zero-order valence-corrected chi connectivity index (χ0v) is 17.6. The van der Waals surface area contributed by atoms with Crippen molar-refractivity contribution in [2.24, 2.45) is 0 Å². The fourth-order valence-corrected chi connectivity index (χ4v) is 4.01. The van der Waals surface area contributed by atoms with Crippen LogP contribution < -0.4 is 10.6 Å². The second kappa shape index (κ2) is 8.26. The maximum absolute atomic E-state index is 12.9. The van der Waals surface area contributed by atoms with E-state index in [1.807, 2.05) is 74.5 Å². The van der Waals surface area contributed by atoms with Crippen LogP contribution in [0.1, 0.15) is 44.1 Å². The number of carbonyl (C=O) groups is 3. The lowest BCUT2D eigenvalue weighted by Gasteiger charge is -2.23. The highest BCUT2D eigenvalue weighted by molar-refractivity contribution is 6.09. The van der Waals surface area contributed by atoms with Gasteiger partial charge in [0.25, 0.3) is 5.91 Å². The summed E-state index contributed by atoms with van der Waals surface area (Å²) in [6, 6.07) is 17.9.